The molecule has 9 heteroatoms. The molecule has 0 spiro atoms. The Morgan fingerprint density at radius 1 is 0.936 bits per heavy atom. The number of benzene rings is 4. The van der Waals surface area contributed by atoms with Crippen LogP contribution in [0.1, 0.15) is 43.5 Å². The zero-order valence-electron chi connectivity index (χ0n) is 27.2. The van der Waals surface area contributed by atoms with Gasteiger partial charge in [0.25, 0.3) is 5.56 Å². The molecule has 0 fully saturated rings. The van der Waals surface area contributed by atoms with Crippen LogP contribution in [-0.4, -0.2) is 37.8 Å². The summed E-state index contributed by atoms with van der Waals surface area (Å²) in [5.41, 5.74) is 4.32. The maximum atomic E-state index is 14.1. The first kappa shape index (κ1) is 31.8. The summed E-state index contributed by atoms with van der Waals surface area (Å²) in [6.07, 6.45) is 1.83. The van der Waals surface area contributed by atoms with Crippen molar-refractivity contribution < 1.29 is 19.0 Å². The topological polar surface area (TPSA) is 82.4 Å². The molecule has 5 aromatic rings. The van der Waals surface area contributed by atoms with Crippen LogP contribution < -0.4 is 29.3 Å². The van der Waals surface area contributed by atoms with Crippen LogP contribution in [0.5, 0.6) is 11.5 Å². The molecule has 1 aromatic heterocycles. The summed E-state index contributed by atoms with van der Waals surface area (Å²) in [6.45, 7) is 6.54. The number of rotatable bonds is 10. The first-order chi connectivity index (χ1) is 22.8. The van der Waals surface area contributed by atoms with Gasteiger partial charge in [0, 0.05) is 19.8 Å². The van der Waals surface area contributed by atoms with Gasteiger partial charge in [-0.25, -0.2) is 9.79 Å². The molecule has 240 valence electrons. The third kappa shape index (κ3) is 6.44. The second-order valence-corrected chi connectivity index (χ2v) is 12.4. The molecule has 0 aliphatic carbocycles. The average molecular weight is 648 g/mol. The summed E-state index contributed by atoms with van der Waals surface area (Å²) in [4.78, 5) is 34.5. The normalized spacial score (nSPS) is 14.5. The molecule has 1 unspecified atom stereocenters. The Kier molecular flexibility index (Phi) is 9.26. The minimum Gasteiger partial charge on any atom is -0.490 e. The van der Waals surface area contributed by atoms with Crippen molar-refractivity contribution in [3.8, 4) is 11.5 Å². The van der Waals surface area contributed by atoms with Crippen molar-refractivity contribution in [2.45, 2.75) is 33.4 Å². The summed E-state index contributed by atoms with van der Waals surface area (Å²) >= 11 is 1.29. The van der Waals surface area contributed by atoms with E-state index in [1.165, 1.54) is 11.3 Å². The highest BCUT2D eigenvalue weighted by Crippen LogP contribution is 2.33. The Labute approximate surface area is 277 Å². The number of hydrogen-bond acceptors (Lipinski definition) is 8. The van der Waals surface area contributed by atoms with Crippen molar-refractivity contribution in [2.75, 3.05) is 32.2 Å². The minimum absolute atomic E-state index is 0.218. The van der Waals surface area contributed by atoms with Gasteiger partial charge in [0.05, 0.1) is 35.1 Å². The quantitative estimate of drug-likeness (QED) is 0.173. The number of carbonyl (C=O) groups excluding carboxylic acids is 1. The molecule has 4 aromatic carbocycles. The van der Waals surface area contributed by atoms with E-state index in [9.17, 15) is 9.59 Å². The zero-order valence-corrected chi connectivity index (χ0v) is 28.0. The molecule has 0 saturated heterocycles. The van der Waals surface area contributed by atoms with Crippen molar-refractivity contribution >= 4 is 39.8 Å². The monoisotopic (exact) mass is 647 g/mol. The van der Waals surface area contributed by atoms with Gasteiger partial charge in [0.1, 0.15) is 6.61 Å². The van der Waals surface area contributed by atoms with Gasteiger partial charge in [-0.2, -0.15) is 0 Å². The number of allylic oxidation sites excluding steroid dienone is 1. The number of carbonyl (C=O) groups is 1. The lowest BCUT2D eigenvalue weighted by molar-refractivity contribution is -0.139. The predicted octanol–water partition coefficient (Wildman–Crippen LogP) is 6.00. The number of esters is 1. The fraction of sp³-hybridized carbons (Fsp3) is 0.237. The summed E-state index contributed by atoms with van der Waals surface area (Å²) in [5, 5.41) is 2.31. The van der Waals surface area contributed by atoms with Crippen molar-refractivity contribution in [1.82, 2.24) is 4.57 Å². The van der Waals surface area contributed by atoms with Gasteiger partial charge < -0.3 is 19.1 Å². The molecule has 1 aliphatic heterocycles. The van der Waals surface area contributed by atoms with Crippen LogP contribution in [0.2, 0.25) is 0 Å². The highest BCUT2D eigenvalue weighted by molar-refractivity contribution is 7.07. The third-order valence-corrected chi connectivity index (χ3v) is 9.05. The van der Waals surface area contributed by atoms with Crippen LogP contribution in [-0.2, 0) is 16.1 Å². The molecule has 47 heavy (non-hydrogen) atoms. The molecule has 1 aliphatic rings. The summed E-state index contributed by atoms with van der Waals surface area (Å²) in [7, 11) is 3.93. The van der Waals surface area contributed by atoms with Gasteiger partial charge in [-0.05, 0) is 78.6 Å². The van der Waals surface area contributed by atoms with Crippen molar-refractivity contribution in [3.05, 3.63) is 133 Å². The van der Waals surface area contributed by atoms with Gasteiger partial charge in [0.15, 0.2) is 16.3 Å². The Bertz CT molecular complexity index is 2160. The summed E-state index contributed by atoms with van der Waals surface area (Å²) in [5.74, 6) is 0.730. The van der Waals surface area contributed by atoms with Crippen LogP contribution in [0.4, 0.5) is 5.69 Å². The van der Waals surface area contributed by atoms with Crippen LogP contribution in [0.15, 0.2) is 106 Å². The number of thiazole rings is 1. The van der Waals surface area contributed by atoms with Gasteiger partial charge in [-0.15, -0.1) is 0 Å². The molecule has 2 heterocycles. The number of ether oxygens (including phenoxy) is 3. The van der Waals surface area contributed by atoms with E-state index < -0.39 is 12.0 Å². The van der Waals surface area contributed by atoms with Crippen LogP contribution in [0.25, 0.3) is 16.8 Å². The minimum atomic E-state index is -0.674. The second-order valence-electron chi connectivity index (χ2n) is 11.4. The SMILES string of the molecule is CCOC(=O)C1=C(C)N=c2sc(=Cc3ccc(OCc4cccc5ccccc45)c(OCC)c3)c(=O)n2C1c1ccc(N(C)C)cc1. The fourth-order valence-corrected chi connectivity index (χ4v) is 6.84. The number of nitrogens with zero attached hydrogens (tertiary/aromatic N) is 3. The van der Waals surface area contributed by atoms with E-state index in [0.29, 0.717) is 45.3 Å². The maximum Gasteiger partial charge on any atom is 0.338 e. The summed E-state index contributed by atoms with van der Waals surface area (Å²) in [6, 6.07) is 27.2. The maximum absolute atomic E-state index is 14.1. The predicted molar refractivity (Wildman–Crippen MR) is 187 cm³/mol. The van der Waals surface area contributed by atoms with Gasteiger partial charge in [0.2, 0.25) is 0 Å². The average Bonchev–Trinajstić information content (AvgIpc) is 3.37. The van der Waals surface area contributed by atoms with Crippen LogP contribution >= 0.6 is 11.3 Å². The third-order valence-electron chi connectivity index (χ3n) is 8.07. The smallest absolute Gasteiger partial charge is 0.338 e. The van der Waals surface area contributed by atoms with Gasteiger partial charge in [-0.3, -0.25) is 9.36 Å². The van der Waals surface area contributed by atoms with Crippen LogP contribution in [0.3, 0.4) is 0 Å². The van der Waals surface area contributed by atoms with Crippen molar-refractivity contribution in [3.63, 3.8) is 0 Å². The van der Waals surface area contributed by atoms with E-state index >= 15 is 0 Å². The van der Waals surface area contributed by atoms with Crippen molar-refractivity contribution in [1.29, 1.82) is 0 Å². The largest absolute Gasteiger partial charge is 0.490 e. The summed E-state index contributed by atoms with van der Waals surface area (Å²) < 4.78 is 19.8. The number of hydrogen-bond donors (Lipinski definition) is 0. The molecule has 8 nitrogen and oxygen atoms in total. The number of aromatic nitrogens is 1. The Morgan fingerprint density at radius 3 is 2.45 bits per heavy atom. The molecular formula is C38H37N3O5S. The van der Waals surface area contributed by atoms with E-state index in [2.05, 4.69) is 24.3 Å². The van der Waals surface area contributed by atoms with Gasteiger partial charge in [-0.1, -0.05) is 72.0 Å². The van der Waals surface area contributed by atoms with E-state index in [0.717, 1.165) is 33.2 Å². The number of anilines is 1. The van der Waals surface area contributed by atoms with E-state index in [-0.39, 0.29) is 12.2 Å². The first-order valence-electron chi connectivity index (χ1n) is 15.6. The van der Waals surface area contributed by atoms with Crippen molar-refractivity contribution in [2.24, 2.45) is 4.99 Å². The molecule has 6 rings (SSSR count). The van der Waals surface area contributed by atoms with Gasteiger partial charge >= 0.3 is 5.97 Å². The zero-order chi connectivity index (χ0) is 33.1. The van der Waals surface area contributed by atoms with E-state index in [1.807, 2.05) is 92.7 Å². The number of fused-ring (bicyclic) bond motifs is 2. The fourth-order valence-electron chi connectivity index (χ4n) is 5.79. The van der Waals surface area contributed by atoms with E-state index in [1.54, 1.807) is 18.4 Å². The first-order valence-corrected chi connectivity index (χ1v) is 16.4. The highest BCUT2D eigenvalue weighted by Gasteiger charge is 2.33. The molecule has 1 atom stereocenters. The molecular weight excluding hydrogens is 611 g/mol. The molecule has 0 saturated carbocycles. The lowest BCUT2D eigenvalue weighted by atomic mass is 9.95. The van der Waals surface area contributed by atoms with E-state index in [4.69, 9.17) is 19.2 Å². The molecule has 0 bridgehead atoms. The Morgan fingerprint density at radius 2 is 1.70 bits per heavy atom. The Balaban J connectivity index is 1.38. The highest BCUT2D eigenvalue weighted by atomic mass is 32.1. The molecule has 0 N–H and O–H groups in total. The molecule has 0 radical (unpaired) electrons. The lowest BCUT2D eigenvalue weighted by Crippen LogP contribution is -2.39. The lowest BCUT2D eigenvalue weighted by Gasteiger charge is -2.25. The molecule has 0 amide bonds. The Hall–Kier alpha value is -5.15. The standard InChI is InChI=1S/C38H37N3O5S/c1-6-44-32-21-25(15-20-31(32)46-23-28-13-10-12-26-11-8-9-14-30(26)28)22-33-36(42)41-35(27-16-18-29(19-17-27)40(4)5)34(37(43)45-7-2)24(3)39-38(41)47-33/h8-22,35H,6-7,23H2,1-5H3. The van der Waals surface area contributed by atoms with Crippen LogP contribution in [0, 0.1) is 0 Å². The second kappa shape index (κ2) is 13.7.